The lowest BCUT2D eigenvalue weighted by molar-refractivity contribution is 0.412. The Morgan fingerprint density at radius 2 is 1.78 bits per heavy atom. The van der Waals surface area contributed by atoms with Crippen LogP contribution in [0.15, 0.2) is 36.4 Å². The van der Waals surface area contributed by atoms with Crippen molar-refractivity contribution in [2.75, 3.05) is 7.11 Å². The number of nitrogens with zero attached hydrogens (tertiary/aromatic N) is 1. The maximum absolute atomic E-state index is 8.87. The van der Waals surface area contributed by atoms with Gasteiger partial charge in [0.05, 0.1) is 18.7 Å². The van der Waals surface area contributed by atoms with Gasteiger partial charge in [-0.1, -0.05) is 12.1 Å². The molecule has 0 radical (unpaired) electrons. The van der Waals surface area contributed by atoms with Gasteiger partial charge in [-0.15, -0.1) is 0 Å². The first kappa shape index (κ1) is 12.2. The number of hydrogen-bond donors (Lipinski definition) is 0. The number of nitriles is 1. The molecule has 0 heterocycles. The molecule has 2 nitrogen and oxygen atoms in total. The van der Waals surface area contributed by atoms with Crippen molar-refractivity contribution < 1.29 is 4.74 Å². The molecule has 0 bridgehead atoms. The van der Waals surface area contributed by atoms with Gasteiger partial charge < -0.3 is 4.74 Å². The summed E-state index contributed by atoms with van der Waals surface area (Å²) in [4.78, 5) is 0. The van der Waals surface area contributed by atoms with Crippen molar-refractivity contribution >= 4 is 0 Å². The molecule has 0 saturated carbocycles. The molecule has 0 saturated heterocycles. The van der Waals surface area contributed by atoms with Crippen molar-refractivity contribution in [2.24, 2.45) is 0 Å². The molecule has 0 amide bonds. The minimum absolute atomic E-state index is 0.696. The zero-order valence-electron chi connectivity index (χ0n) is 10.8. The molecule has 0 atom stereocenters. The zero-order valence-corrected chi connectivity index (χ0v) is 10.8. The average Bonchev–Trinajstić information content (AvgIpc) is 2.38. The summed E-state index contributed by atoms with van der Waals surface area (Å²) in [6, 6.07) is 14.0. The Kier molecular flexibility index (Phi) is 3.34. The largest absolute Gasteiger partial charge is 0.496 e. The predicted molar refractivity (Wildman–Crippen MR) is 72.6 cm³/mol. The molecule has 0 fully saturated rings. The third kappa shape index (κ3) is 2.21. The van der Waals surface area contributed by atoms with Gasteiger partial charge in [0.15, 0.2) is 0 Å². The molecule has 2 rings (SSSR count). The molecule has 0 unspecified atom stereocenters. The van der Waals surface area contributed by atoms with Crippen molar-refractivity contribution in [1.82, 2.24) is 0 Å². The van der Waals surface area contributed by atoms with Crippen molar-refractivity contribution in [1.29, 1.82) is 5.26 Å². The van der Waals surface area contributed by atoms with Crippen LogP contribution in [0.25, 0.3) is 11.1 Å². The van der Waals surface area contributed by atoms with E-state index in [0.29, 0.717) is 5.56 Å². The lowest BCUT2D eigenvalue weighted by Gasteiger charge is -2.10. The fourth-order valence-electron chi connectivity index (χ4n) is 2.10. The van der Waals surface area contributed by atoms with Crippen LogP contribution >= 0.6 is 0 Å². The van der Waals surface area contributed by atoms with E-state index in [-0.39, 0.29) is 0 Å². The van der Waals surface area contributed by atoms with Crippen molar-refractivity contribution in [3.8, 4) is 22.9 Å². The lowest BCUT2D eigenvalue weighted by atomic mass is 9.97. The van der Waals surface area contributed by atoms with E-state index in [1.807, 2.05) is 44.2 Å². The van der Waals surface area contributed by atoms with Crippen LogP contribution in [0.5, 0.6) is 5.75 Å². The second-order valence-electron chi connectivity index (χ2n) is 4.33. The standard InChI is InChI=1S/C16H15NO/c1-11-8-13(10-17)4-6-15(11)14-5-7-16(18-3)12(2)9-14/h4-9H,1-3H3. The molecule has 2 aromatic rings. The number of aryl methyl sites for hydroxylation is 2. The molecular formula is C16H15NO. The fraction of sp³-hybridized carbons (Fsp3) is 0.188. The van der Waals surface area contributed by atoms with Gasteiger partial charge in [-0.25, -0.2) is 0 Å². The van der Waals surface area contributed by atoms with Crippen LogP contribution in [0.1, 0.15) is 16.7 Å². The van der Waals surface area contributed by atoms with Crippen LogP contribution in [0.2, 0.25) is 0 Å². The van der Waals surface area contributed by atoms with Gasteiger partial charge in [0.1, 0.15) is 5.75 Å². The summed E-state index contributed by atoms with van der Waals surface area (Å²) in [5, 5.41) is 8.87. The van der Waals surface area contributed by atoms with Crippen LogP contribution in [0.4, 0.5) is 0 Å². The van der Waals surface area contributed by atoms with Gasteiger partial charge in [-0.3, -0.25) is 0 Å². The third-order valence-corrected chi connectivity index (χ3v) is 3.06. The van der Waals surface area contributed by atoms with Gasteiger partial charge in [-0.2, -0.15) is 5.26 Å². The maximum Gasteiger partial charge on any atom is 0.121 e. The molecule has 0 aliphatic carbocycles. The maximum atomic E-state index is 8.87. The molecule has 0 aromatic heterocycles. The number of ether oxygens (including phenoxy) is 1. The highest BCUT2D eigenvalue weighted by Gasteiger charge is 2.05. The molecule has 2 heteroatoms. The number of methoxy groups -OCH3 is 1. The predicted octanol–water partition coefficient (Wildman–Crippen LogP) is 3.85. The first-order valence-electron chi connectivity index (χ1n) is 5.81. The Balaban J connectivity index is 2.49. The van der Waals surface area contributed by atoms with E-state index in [2.05, 4.69) is 12.1 Å². The van der Waals surface area contributed by atoms with Crippen molar-refractivity contribution in [3.63, 3.8) is 0 Å². The van der Waals surface area contributed by atoms with Crippen molar-refractivity contribution in [3.05, 3.63) is 53.1 Å². The summed E-state index contributed by atoms with van der Waals surface area (Å²) in [7, 11) is 1.68. The summed E-state index contributed by atoms with van der Waals surface area (Å²) in [6.45, 7) is 4.05. The normalized spacial score (nSPS) is 9.89. The van der Waals surface area contributed by atoms with Crippen LogP contribution in [0, 0.1) is 25.2 Å². The van der Waals surface area contributed by atoms with E-state index in [0.717, 1.165) is 28.0 Å². The number of hydrogen-bond acceptors (Lipinski definition) is 2. The number of benzene rings is 2. The Morgan fingerprint density at radius 1 is 1.00 bits per heavy atom. The highest BCUT2D eigenvalue weighted by Crippen LogP contribution is 2.28. The zero-order chi connectivity index (χ0) is 13.1. The third-order valence-electron chi connectivity index (χ3n) is 3.06. The van der Waals surface area contributed by atoms with Crippen molar-refractivity contribution in [2.45, 2.75) is 13.8 Å². The molecule has 0 N–H and O–H groups in total. The topological polar surface area (TPSA) is 33.0 Å². The van der Waals surface area contributed by atoms with E-state index in [9.17, 15) is 0 Å². The Bertz CT molecular complexity index is 623. The number of rotatable bonds is 2. The summed E-state index contributed by atoms with van der Waals surface area (Å²) in [6.07, 6.45) is 0. The van der Waals surface area contributed by atoms with E-state index in [1.165, 1.54) is 0 Å². The minimum Gasteiger partial charge on any atom is -0.496 e. The molecule has 18 heavy (non-hydrogen) atoms. The highest BCUT2D eigenvalue weighted by atomic mass is 16.5. The minimum atomic E-state index is 0.696. The van der Waals surface area contributed by atoms with Gasteiger partial charge in [0, 0.05) is 0 Å². The van der Waals surface area contributed by atoms with Gasteiger partial charge >= 0.3 is 0 Å². The summed E-state index contributed by atoms with van der Waals surface area (Å²) in [5.74, 6) is 0.894. The van der Waals surface area contributed by atoms with E-state index >= 15 is 0 Å². The molecule has 0 spiro atoms. The van der Waals surface area contributed by atoms with Gasteiger partial charge in [0.2, 0.25) is 0 Å². The summed E-state index contributed by atoms with van der Waals surface area (Å²) >= 11 is 0. The Morgan fingerprint density at radius 3 is 2.33 bits per heavy atom. The molecule has 0 aliphatic heterocycles. The monoisotopic (exact) mass is 237 g/mol. The van der Waals surface area contributed by atoms with Crippen LogP contribution in [-0.2, 0) is 0 Å². The van der Waals surface area contributed by atoms with Gasteiger partial charge in [0.25, 0.3) is 0 Å². The Labute approximate surface area is 107 Å². The SMILES string of the molecule is COc1ccc(-c2ccc(C#N)cc2C)cc1C. The fourth-order valence-corrected chi connectivity index (χ4v) is 2.10. The second kappa shape index (κ2) is 4.93. The first-order valence-corrected chi connectivity index (χ1v) is 5.81. The Hall–Kier alpha value is -2.27. The van der Waals surface area contributed by atoms with E-state index in [1.54, 1.807) is 7.11 Å². The van der Waals surface area contributed by atoms with Gasteiger partial charge in [-0.05, 0) is 60.4 Å². The van der Waals surface area contributed by atoms with Crippen LogP contribution in [-0.4, -0.2) is 7.11 Å². The average molecular weight is 237 g/mol. The molecule has 2 aromatic carbocycles. The summed E-state index contributed by atoms with van der Waals surface area (Å²) < 4.78 is 5.26. The molecule has 0 aliphatic rings. The molecular weight excluding hydrogens is 222 g/mol. The molecule has 90 valence electrons. The van der Waals surface area contributed by atoms with E-state index < -0.39 is 0 Å². The van der Waals surface area contributed by atoms with Crippen LogP contribution < -0.4 is 4.74 Å². The lowest BCUT2D eigenvalue weighted by Crippen LogP contribution is -1.89. The highest BCUT2D eigenvalue weighted by molar-refractivity contribution is 5.69. The quantitative estimate of drug-likeness (QED) is 0.794. The van der Waals surface area contributed by atoms with E-state index in [4.69, 9.17) is 10.00 Å². The summed E-state index contributed by atoms with van der Waals surface area (Å²) in [5.41, 5.74) is 5.22. The smallest absolute Gasteiger partial charge is 0.121 e. The van der Waals surface area contributed by atoms with Crippen LogP contribution in [0.3, 0.4) is 0 Å². The second-order valence-corrected chi connectivity index (χ2v) is 4.33. The first-order chi connectivity index (χ1) is 8.65.